The largest absolute Gasteiger partial charge is 0.508 e. The van der Waals surface area contributed by atoms with Gasteiger partial charge in [0.1, 0.15) is 5.75 Å². The van der Waals surface area contributed by atoms with E-state index >= 15 is 0 Å². The lowest BCUT2D eigenvalue weighted by Gasteiger charge is -2.46. The summed E-state index contributed by atoms with van der Waals surface area (Å²) in [4.78, 5) is 2.38. The van der Waals surface area contributed by atoms with Crippen molar-refractivity contribution in [3.63, 3.8) is 0 Å². The van der Waals surface area contributed by atoms with Crippen molar-refractivity contribution in [3.05, 3.63) is 60.2 Å². The predicted molar refractivity (Wildman–Crippen MR) is 95.8 cm³/mol. The van der Waals surface area contributed by atoms with E-state index in [4.69, 9.17) is 0 Å². The molecule has 0 unspecified atom stereocenters. The van der Waals surface area contributed by atoms with Crippen LogP contribution in [0.3, 0.4) is 0 Å². The molecule has 0 radical (unpaired) electrons. The van der Waals surface area contributed by atoms with E-state index in [9.17, 15) is 5.11 Å². The minimum Gasteiger partial charge on any atom is -0.508 e. The summed E-state index contributed by atoms with van der Waals surface area (Å²) in [5, 5.41) is 13.2. The Balaban J connectivity index is 1.71. The molecule has 2 aromatic rings. The standard InChI is InChI=1S/C20H26N2O/c1-22(2)20(16-7-4-3-5-8-16)13-11-17(12-14-20)21-18-9-6-10-19(23)15-18/h3-10,15,17,21,23H,11-14H2,1-2H3. The lowest BCUT2D eigenvalue weighted by atomic mass is 9.74. The number of nitrogens with one attached hydrogen (secondary N) is 1. The number of aromatic hydroxyl groups is 1. The van der Waals surface area contributed by atoms with Crippen LogP contribution in [0.2, 0.25) is 0 Å². The summed E-state index contributed by atoms with van der Waals surface area (Å²) in [6.45, 7) is 0. The first-order valence-corrected chi connectivity index (χ1v) is 8.39. The molecule has 3 nitrogen and oxygen atoms in total. The minimum absolute atomic E-state index is 0.137. The zero-order valence-electron chi connectivity index (χ0n) is 14.0. The number of benzene rings is 2. The molecule has 0 heterocycles. The summed E-state index contributed by atoms with van der Waals surface area (Å²) in [7, 11) is 4.38. The van der Waals surface area contributed by atoms with E-state index in [0.29, 0.717) is 11.8 Å². The molecule has 2 aromatic carbocycles. The van der Waals surface area contributed by atoms with E-state index in [1.807, 2.05) is 12.1 Å². The molecule has 0 aliphatic heterocycles. The van der Waals surface area contributed by atoms with Crippen molar-refractivity contribution in [3.8, 4) is 5.75 Å². The van der Waals surface area contributed by atoms with Gasteiger partial charge < -0.3 is 10.4 Å². The maximum absolute atomic E-state index is 9.60. The molecule has 0 spiro atoms. The maximum atomic E-state index is 9.60. The van der Waals surface area contributed by atoms with Gasteiger partial charge in [0, 0.05) is 23.3 Å². The van der Waals surface area contributed by atoms with E-state index in [-0.39, 0.29) is 5.54 Å². The lowest BCUT2D eigenvalue weighted by Crippen LogP contribution is -2.46. The van der Waals surface area contributed by atoms with Gasteiger partial charge >= 0.3 is 0 Å². The monoisotopic (exact) mass is 310 g/mol. The molecule has 3 rings (SSSR count). The minimum atomic E-state index is 0.137. The molecular weight excluding hydrogens is 284 g/mol. The number of phenols is 1. The van der Waals surface area contributed by atoms with Crippen LogP contribution in [0.15, 0.2) is 54.6 Å². The molecule has 0 amide bonds. The Kier molecular flexibility index (Phi) is 4.58. The molecule has 0 bridgehead atoms. The Morgan fingerprint density at radius 1 is 1.00 bits per heavy atom. The average Bonchev–Trinajstić information content (AvgIpc) is 2.56. The van der Waals surface area contributed by atoms with E-state index in [2.05, 4.69) is 54.6 Å². The lowest BCUT2D eigenvalue weighted by molar-refractivity contribution is 0.0945. The first kappa shape index (κ1) is 15.9. The highest BCUT2D eigenvalue weighted by atomic mass is 16.3. The van der Waals surface area contributed by atoms with E-state index < -0.39 is 0 Å². The Morgan fingerprint density at radius 2 is 1.70 bits per heavy atom. The molecule has 1 fully saturated rings. The zero-order chi connectivity index (χ0) is 16.3. The van der Waals surface area contributed by atoms with Gasteiger partial charge in [-0.2, -0.15) is 0 Å². The van der Waals surface area contributed by atoms with Crippen LogP contribution in [-0.2, 0) is 5.54 Å². The van der Waals surface area contributed by atoms with Gasteiger partial charge in [0.15, 0.2) is 0 Å². The molecule has 122 valence electrons. The van der Waals surface area contributed by atoms with Crippen molar-refractivity contribution in [1.82, 2.24) is 4.90 Å². The Hall–Kier alpha value is -2.00. The number of phenolic OH excluding ortho intramolecular Hbond substituents is 1. The van der Waals surface area contributed by atoms with E-state index in [1.54, 1.807) is 12.1 Å². The van der Waals surface area contributed by atoms with Gasteiger partial charge in [0.2, 0.25) is 0 Å². The number of anilines is 1. The van der Waals surface area contributed by atoms with Crippen molar-refractivity contribution < 1.29 is 5.11 Å². The molecule has 23 heavy (non-hydrogen) atoms. The maximum Gasteiger partial charge on any atom is 0.117 e. The molecule has 0 atom stereocenters. The third-order valence-corrected chi connectivity index (χ3v) is 5.20. The molecule has 3 heteroatoms. The first-order valence-electron chi connectivity index (χ1n) is 8.39. The zero-order valence-corrected chi connectivity index (χ0v) is 14.0. The molecule has 1 aliphatic carbocycles. The van der Waals surface area contributed by atoms with Crippen molar-refractivity contribution in [2.75, 3.05) is 19.4 Å². The second-order valence-corrected chi connectivity index (χ2v) is 6.76. The summed E-state index contributed by atoms with van der Waals surface area (Å²) < 4.78 is 0. The first-order chi connectivity index (χ1) is 11.1. The van der Waals surface area contributed by atoms with Gasteiger partial charge in [0.25, 0.3) is 0 Å². The van der Waals surface area contributed by atoms with Crippen LogP contribution in [0.25, 0.3) is 0 Å². The Labute approximate surface area is 139 Å². The van der Waals surface area contributed by atoms with Crippen molar-refractivity contribution in [2.24, 2.45) is 0 Å². The summed E-state index contributed by atoms with van der Waals surface area (Å²) in [5.41, 5.74) is 2.56. The van der Waals surface area contributed by atoms with Crippen LogP contribution in [0.1, 0.15) is 31.2 Å². The number of nitrogens with zero attached hydrogens (tertiary/aromatic N) is 1. The third-order valence-electron chi connectivity index (χ3n) is 5.20. The quantitative estimate of drug-likeness (QED) is 0.888. The summed E-state index contributed by atoms with van der Waals surface area (Å²) in [6, 6.07) is 18.7. The van der Waals surface area contributed by atoms with Crippen LogP contribution in [-0.4, -0.2) is 30.1 Å². The highest BCUT2D eigenvalue weighted by Gasteiger charge is 2.38. The number of rotatable bonds is 4. The highest BCUT2D eigenvalue weighted by molar-refractivity contribution is 5.48. The fourth-order valence-electron chi connectivity index (χ4n) is 3.81. The van der Waals surface area contributed by atoms with Crippen molar-refractivity contribution >= 4 is 5.69 Å². The summed E-state index contributed by atoms with van der Waals surface area (Å²) in [6.07, 6.45) is 4.53. The Morgan fingerprint density at radius 3 is 2.30 bits per heavy atom. The molecule has 0 saturated heterocycles. The molecular formula is C20H26N2O. The van der Waals surface area contributed by atoms with Crippen LogP contribution < -0.4 is 5.32 Å². The smallest absolute Gasteiger partial charge is 0.117 e. The second kappa shape index (κ2) is 6.63. The topological polar surface area (TPSA) is 35.5 Å². The van der Waals surface area contributed by atoms with E-state index in [1.165, 1.54) is 5.56 Å². The summed E-state index contributed by atoms with van der Waals surface area (Å²) >= 11 is 0. The molecule has 1 aliphatic rings. The van der Waals surface area contributed by atoms with Crippen LogP contribution in [0.5, 0.6) is 5.75 Å². The molecule has 0 aromatic heterocycles. The van der Waals surface area contributed by atoms with Gasteiger partial charge in [-0.25, -0.2) is 0 Å². The summed E-state index contributed by atoms with van der Waals surface area (Å²) in [5.74, 6) is 0.317. The fraction of sp³-hybridized carbons (Fsp3) is 0.400. The normalized spacial score (nSPS) is 24.6. The number of hydrogen-bond acceptors (Lipinski definition) is 3. The second-order valence-electron chi connectivity index (χ2n) is 6.76. The molecule has 1 saturated carbocycles. The van der Waals surface area contributed by atoms with Gasteiger partial charge in [-0.15, -0.1) is 0 Å². The van der Waals surface area contributed by atoms with Gasteiger partial charge in [0.05, 0.1) is 0 Å². The fourth-order valence-corrected chi connectivity index (χ4v) is 3.81. The Bertz CT molecular complexity index is 631. The number of hydrogen-bond donors (Lipinski definition) is 2. The van der Waals surface area contributed by atoms with Crippen molar-refractivity contribution in [2.45, 2.75) is 37.3 Å². The van der Waals surface area contributed by atoms with Gasteiger partial charge in [-0.05, 0) is 57.5 Å². The van der Waals surface area contributed by atoms with Crippen LogP contribution >= 0.6 is 0 Å². The highest BCUT2D eigenvalue weighted by Crippen LogP contribution is 2.41. The average molecular weight is 310 g/mol. The van der Waals surface area contributed by atoms with Crippen LogP contribution in [0, 0.1) is 0 Å². The predicted octanol–water partition coefficient (Wildman–Crippen LogP) is 4.20. The van der Waals surface area contributed by atoms with Gasteiger partial charge in [-0.1, -0.05) is 36.4 Å². The van der Waals surface area contributed by atoms with Crippen LogP contribution in [0.4, 0.5) is 5.69 Å². The van der Waals surface area contributed by atoms with E-state index in [0.717, 1.165) is 31.4 Å². The SMILES string of the molecule is CN(C)C1(c2ccccc2)CCC(Nc2cccc(O)c2)CC1. The molecule has 2 N–H and O–H groups in total. The third kappa shape index (κ3) is 3.35. The van der Waals surface area contributed by atoms with Crippen molar-refractivity contribution in [1.29, 1.82) is 0 Å². The van der Waals surface area contributed by atoms with Gasteiger partial charge in [-0.3, -0.25) is 4.90 Å².